The number of aryl methyl sites for hydroxylation is 2. The molecule has 0 N–H and O–H groups in total. The molecule has 5 nitrogen and oxygen atoms in total. The van der Waals surface area contributed by atoms with Crippen molar-refractivity contribution in [2.24, 2.45) is 0 Å². The quantitative estimate of drug-likeness (QED) is 0.405. The molecule has 0 unspecified atom stereocenters. The molecule has 1 aromatic heterocycles. The van der Waals surface area contributed by atoms with Crippen molar-refractivity contribution in [2.75, 3.05) is 13.7 Å². The van der Waals surface area contributed by atoms with Gasteiger partial charge in [0.1, 0.15) is 17.1 Å². The fourth-order valence-electron chi connectivity index (χ4n) is 3.42. The highest BCUT2D eigenvalue weighted by atomic mass is 19.1. The molecule has 0 aliphatic heterocycles. The van der Waals surface area contributed by atoms with E-state index in [-0.39, 0.29) is 23.8 Å². The number of halogens is 1. The first-order valence-corrected chi connectivity index (χ1v) is 9.65. The van der Waals surface area contributed by atoms with Crippen molar-refractivity contribution in [3.63, 3.8) is 0 Å². The molecule has 0 atom stereocenters. The largest absolute Gasteiger partial charge is 0.496 e. The number of hydrogen-bond donors (Lipinski definition) is 0. The number of carbonyl (C=O) groups excluding carboxylic acids is 2. The van der Waals surface area contributed by atoms with Gasteiger partial charge in [0.05, 0.1) is 7.11 Å². The summed E-state index contributed by atoms with van der Waals surface area (Å²) >= 11 is 0. The maximum Gasteiger partial charge on any atom is 0.342 e. The molecule has 0 aliphatic rings. The zero-order valence-corrected chi connectivity index (χ0v) is 17.3. The Hall–Kier alpha value is -3.41. The minimum Gasteiger partial charge on any atom is -0.496 e. The summed E-state index contributed by atoms with van der Waals surface area (Å²) in [5.74, 6) is -0.734. The van der Waals surface area contributed by atoms with Gasteiger partial charge in [0.2, 0.25) is 5.78 Å². The van der Waals surface area contributed by atoms with E-state index in [0.29, 0.717) is 24.3 Å². The van der Waals surface area contributed by atoms with E-state index in [1.807, 2.05) is 18.4 Å². The molecule has 0 saturated carbocycles. The minimum absolute atomic E-state index is 0.261. The van der Waals surface area contributed by atoms with Gasteiger partial charge in [-0.05, 0) is 56.2 Å². The summed E-state index contributed by atoms with van der Waals surface area (Å²) in [6.45, 7) is 4.11. The van der Waals surface area contributed by atoms with Gasteiger partial charge in [-0.2, -0.15) is 0 Å². The Morgan fingerprint density at radius 3 is 2.40 bits per heavy atom. The van der Waals surface area contributed by atoms with Gasteiger partial charge in [-0.3, -0.25) is 4.79 Å². The van der Waals surface area contributed by atoms with Crippen LogP contribution < -0.4 is 4.74 Å². The highest BCUT2D eigenvalue weighted by molar-refractivity contribution is 6.01. The van der Waals surface area contributed by atoms with Crippen molar-refractivity contribution in [1.82, 2.24) is 4.57 Å². The van der Waals surface area contributed by atoms with Gasteiger partial charge >= 0.3 is 5.97 Å². The van der Waals surface area contributed by atoms with Crippen LogP contribution >= 0.6 is 0 Å². The monoisotopic (exact) mass is 409 g/mol. The Morgan fingerprint density at radius 1 is 1.00 bits per heavy atom. The molecule has 3 aromatic rings. The van der Waals surface area contributed by atoms with Crippen molar-refractivity contribution >= 4 is 11.8 Å². The standard InChI is InChI=1S/C24H24FNO4/c1-16-14-21(17(2)26(16)13-12-18-8-10-19(25)11-9-18)22(27)15-30-24(28)20-6-4-5-7-23(20)29-3/h4-11,14H,12-13,15H2,1-3H3. The van der Waals surface area contributed by atoms with Crippen molar-refractivity contribution < 1.29 is 23.5 Å². The third-order valence-electron chi connectivity index (χ3n) is 5.07. The molecule has 0 spiro atoms. The summed E-state index contributed by atoms with van der Waals surface area (Å²) < 4.78 is 25.5. The van der Waals surface area contributed by atoms with Gasteiger partial charge in [0.15, 0.2) is 6.61 Å². The van der Waals surface area contributed by atoms with Crippen LogP contribution in [0.1, 0.15) is 37.7 Å². The Balaban J connectivity index is 1.65. The Morgan fingerprint density at radius 2 is 1.70 bits per heavy atom. The lowest BCUT2D eigenvalue weighted by molar-refractivity contribution is 0.0471. The lowest BCUT2D eigenvalue weighted by Crippen LogP contribution is -2.16. The van der Waals surface area contributed by atoms with Crippen molar-refractivity contribution in [2.45, 2.75) is 26.8 Å². The number of hydrogen-bond acceptors (Lipinski definition) is 4. The van der Waals surface area contributed by atoms with Crippen molar-refractivity contribution in [3.05, 3.63) is 88.5 Å². The summed E-state index contributed by atoms with van der Waals surface area (Å²) in [5, 5.41) is 0. The zero-order valence-electron chi connectivity index (χ0n) is 17.3. The maximum absolute atomic E-state index is 13.1. The van der Waals surface area contributed by atoms with Gasteiger partial charge < -0.3 is 14.0 Å². The third kappa shape index (κ3) is 4.76. The van der Waals surface area contributed by atoms with Crippen LogP contribution in [0.3, 0.4) is 0 Å². The number of Topliss-reactive ketones (excluding diaryl/α,β-unsaturated/α-hetero) is 1. The molecule has 0 bridgehead atoms. The van der Waals surface area contributed by atoms with Crippen LogP contribution in [-0.2, 0) is 17.7 Å². The molecule has 0 amide bonds. The maximum atomic E-state index is 13.1. The summed E-state index contributed by atoms with van der Waals surface area (Å²) in [7, 11) is 1.47. The predicted octanol–water partition coefficient (Wildman–Crippen LogP) is 4.54. The summed E-state index contributed by atoms with van der Waals surface area (Å²) in [6, 6.07) is 14.9. The van der Waals surface area contributed by atoms with Crippen LogP contribution in [0, 0.1) is 19.7 Å². The first kappa shape index (κ1) is 21.3. The van der Waals surface area contributed by atoms with Crippen LogP contribution in [0.2, 0.25) is 0 Å². The van der Waals surface area contributed by atoms with Gasteiger partial charge in [0, 0.05) is 23.5 Å². The van der Waals surface area contributed by atoms with Gasteiger partial charge in [-0.25, -0.2) is 9.18 Å². The van der Waals surface area contributed by atoms with Gasteiger partial charge in [0.25, 0.3) is 0 Å². The second kappa shape index (κ2) is 9.39. The second-order valence-electron chi connectivity index (χ2n) is 7.01. The van der Waals surface area contributed by atoms with Gasteiger partial charge in [-0.15, -0.1) is 0 Å². The van der Waals surface area contributed by atoms with E-state index in [0.717, 1.165) is 17.0 Å². The fourth-order valence-corrected chi connectivity index (χ4v) is 3.42. The number of rotatable bonds is 8. The third-order valence-corrected chi connectivity index (χ3v) is 5.07. The molecule has 6 heteroatoms. The molecular weight excluding hydrogens is 385 g/mol. The number of ether oxygens (including phenoxy) is 2. The van der Waals surface area contributed by atoms with Crippen molar-refractivity contribution in [1.29, 1.82) is 0 Å². The Kier molecular flexibility index (Phi) is 6.67. The van der Waals surface area contributed by atoms with E-state index >= 15 is 0 Å². The van der Waals surface area contributed by atoms with Crippen LogP contribution in [0.4, 0.5) is 4.39 Å². The number of para-hydroxylation sites is 1. The van der Waals surface area contributed by atoms with Crippen LogP contribution in [-0.4, -0.2) is 30.0 Å². The average molecular weight is 409 g/mol. The van der Waals surface area contributed by atoms with E-state index < -0.39 is 5.97 Å². The van der Waals surface area contributed by atoms with E-state index in [4.69, 9.17) is 9.47 Å². The molecular formula is C24H24FNO4. The van der Waals surface area contributed by atoms with E-state index in [1.54, 1.807) is 42.5 Å². The zero-order chi connectivity index (χ0) is 21.7. The second-order valence-corrected chi connectivity index (χ2v) is 7.01. The van der Waals surface area contributed by atoms with Gasteiger partial charge in [-0.1, -0.05) is 24.3 Å². The molecule has 0 aliphatic carbocycles. The smallest absolute Gasteiger partial charge is 0.342 e. The number of nitrogens with zero attached hydrogens (tertiary/aromatic N) is 1. The Bertz CT molecular complexity index is 1050. The van der Waals surface area contributed by atoms with Crippen LogP contribution in [0.5, 0.6) is 5.75 Å². The number of carbonyl (C=O) groups is 2. The summed E-state index contributed by atoms with van der Waals surface area (Å²) in [5.41, 5.74) is 3.57. The fraction of sp³-hybridized carbons (Fsp3) is 0.250. The summed E-state index contributed by atoms with van der Waals surface area (Å²) in [4.78, 5) is 25.0. The van der Waals surface area contributed by atoms with Crippen LogP contribution in [0.25, 0.3) is 0 Å². The van der Waals surface area contributed by atoms with E-state index in [9.17, 15) is 14.0 Å². The summed E-state index contributed by atoms with van der Waals surface area (Å²) in [6.07, 6.45) is 0.715. The molecule has 0 saturated heterocycles. The molecule has 0 fully saturated rings. The molecule has 3 rings (SSSR count). The lowest BCUT2D eigenvalue weighted by atomic mass is 10.1. The molecule has 2 aromatic carbocycles. The molecule has 30 heavy (non-hydrogen) atoms. The molecule has 156 valence electrons. The van der Waals surface area contributed by atoms with E-state index in [1.165, 1.54) is 19.2 Å². The Labute approximate surface area is 175 Å². The van der Waals surface area contributed by atoms with Crippen molar-refractivity contribution in [3.8, 4) is 5.75 Å². The average Bonchev–Trinajstić information content (AvgIpc) is 3.04. The SMILES string of the molecule is COc1ccccc1C(=O)OCC(=O)c1cc(C)n(CCc2ccc(F)cc2)c1C. The van der Waals surface area contributed by atoms with Crippen LogP contribution in [0.15, 0.2) is 54.6 Å². The number of ketones is 1. The highest BCUT2D eigenvalue weighted by Gasteiger charge is 2.19. The number of benzene rings is 2. The minimum atomic E-state index is -0.606. The number of aromatic nitrogens is 1. The highest BCUT2D eigenvalue weighted by Crippen LogP contribution is 2.20. The normalized spacial score (nSPS) is 10.7. The first-order valence-electron chi connectivity index (χ1n) is 9.65. The molecule has 0 radical (unpaired) electrons. The molecule has 1 heterocycles. The van der Waals surface area contributed by atoms with E-state index in [2.05, 4.69) is 0 Å². The number of methoxy groups -OCH3 is 1. The first-order chi connectivity index (χ1) is 14.4. The topological polar surface area (TPSA) is 57.5 Å². The number of esters is 1. The predicted molar refractivity (Wildman–Crippen MR) is 112 cm³/mol. The lowest BCUT2D eigenvalue weighted by Gasteiger charge is -2.10.